The third-order valence-corrected chi connectivity index (χ3v) is 3.70. The van der Waals surface area contributed by atoms with Crippen molar-refractivity contribution in [3.63, 3.8) is 0 Å². The van der Waals surface area contributed by atoms with Crippen molar-refractivity contribution < 1.29 is 4.74 Å². The summed E-state index contributed by atoms with van der Waals surface area (Å²) in [6.07, 6.45) is 1.99. The van der Waals surface area contributed by atoms with Crippen LogP contribution in [0.15, 0.2) is 36.4 Å². The van der Waals surface area contributed by atoms with Gasteiger partial charge < -0.3 is 10.1 Å². The van der Waals surface area contributed by atoms with Crippen molar-refractivity contribution in [2.45, 2.75) is 19.8 Å². The van der Waals surface area contributed by atoms with Crippen LogP contribution in [0.5, 0.6) is 0 Å². The summed E-state index contributed by atoms with van der Waals surface area (Å²) in [5, 5.41) is 3.30. The summed E-state index contributed by atoms with van der Waals surface area (Å²) >= 11 is 0. The molecule has 0 aliphatic carbocycles. The van der Waals surface area contributed by atoms with Crippen LogP contribution in [0.4, 0.5) is 5.82 Å². The fraction of sp³-hybridized carbons (Fsp3) is 0.412. The van der Waals surface area contributed by atoms with Gasteiger partial charge in [0.05, 0.1) is 5.69 Å². The van der Waals surface area contributed by atoms with Gasteiger partial charge in [-0.15, -0.1) is 0 Å². The van der Waals surface area contributed by atoms with Crippen LogP contribution in [-0.2, 0) is 11.2 Å². The number of nitrogens with zero attached hydrogens (tertiary/aromatic N) is 2. The summed E-state index contributed by atoms with van der Waals surface area (Å²) in [6, 6.07) is 12.3. The second-order valence-electron chi connectivity index (χ2n) is 5.38. The van der Waals surface area contributed by atoms with Crippen LogP contribution in [-0.4, -0.2) is 29.7 Å². The van der Waals surface area contributed by atoms with Gasteiger partial charge in [0.15, 0.2) is 0 Å². The Bertz CT molecular complexity index is 580. The van der Waals surface area contributed by atoms with E-state index in [0.717, 1.165) is 55.5 Å². The van der Waals surface area contributed by atoms with Crippen molar-refractivity contribution in [2.75, 3.05) is 25.1 Å². The fourth-order valence-electron chi connectivity index (χ4n) is 2.62. The number of hydrogen-bond donors (Lipinski definition) is 1. The number of ether oxygens (including phenoxy) is 1. The SMILES string of the molecule is CCNc1cc(-c2ccccc2)nc(CC2CCOC2)n1. The molecule has 1 aliphatic heterocycles. The first-order chi connectivity index (χ1) is 10.3. The Hall–Kier alpha value is -1.94. The van der Waals surface area contributed by atoms with Crippen LogP contribution >= 0.6 is 0 Å². The normalized spacial score (nSPS) is 17.9. The Labute approximate surface area is 125 Å². The lowest BCUT2D eigenvalue weighted by Crippen LogP contribution is -2.10. The van der Waals surface area contributed by atoms with Crippen LogP contribution in [0.25, 0.3) is 11.3 Å². The Morgan fingerprint density at radius 2 is 2.10 bits per heavy atom. The third kappa shape index (κ3) is 3.58. The predicted molar refractivity (Wildman–Crippen MR) is 84.3 cm³/mol. The topological polar surface area (TPSA) is 47.0 Å². The molecule has 1 atom stereocenters. The van der Waals surface area contributed by atoms with Gasteiger partial charge in [0.25, 0.3) is 0 Å². The van der Waals surface area contributed by atoms with Gasteiger partial charge >= 0.3 is 0 Å². The predicted octanol–water partition coefficient (Wildman–Crippen LogP) is 3.15. The number of benzene rings is 1. The highest BCUT2D eigenvalue weighted by Gasteiger charge is 2.18. The molecular formula is C17H21N3O. The van der Waals surface area contributed by atoms with E-state index in [0.29, 0.717) is 5.92 Å². The first-order valence-corrected chi connectivity index (χ1v) is 7.60. The average Bonchev–Trinajstić information content (AvgIpc) is 3.01. The smallest absolute Gasteiger partial charge is 0.131 e. The zero-order chi connectivity index (χ0) is 14.5. The van der Waals surface area contributed by atoms with Gasteiger partial charge in [-0.1, -0.05) is 30.3 Å². The molecule has 2 aromatic rings. The van der Waals surface area contributed by atoms with Gasteiger partial charge in [-0.25, -0.2) is 9.97 Å². The molecule has 4 nitrogen and oxygen atoms in total. The zero-order valence-corrected chi connectivity index (χ0v) is 12.4. The first-order valence-electron chi connectivity index (χ1n) is 7.60. The lowest BCUT2D eigenvalue weighted by Gasteiger charge is -2.11. The quantitative estimate of drug-likeness (QED) is 0.915. The highest BCUT2D eigenvalue weighted by molar-refractivity contribution is 5.62. The lowest BCUT2D eigenvalue weighted by molar-refractivity contribution is 0.185. The number of hydrogen-bond acceptors (Lipinski definition) is 4. The lowest BCUT2D eigenvalue weighted by atomic mass is 10.0. The maximum Gasteiger partial charge on any atom is 0.131 e. The molecule has 0 saturated carbocycles. The minimum atomic E-state index is 0.547. The molecular weight excluding hydrogens is 262 g/mol. The average molecular weight is 283 g/mol. The van der Waals surface area contributed by atoms with Crippen molar-refractivity contribution in [3.05, 3.63) is 42.2 Å². The zero-order valence-electron chi connectivity index (χ0n) is 12.4. The molecule has 1 aliphatic rings. The molecule has 21 heavy (non-hydrogen) atoms. The molecule has 1 fully saturated rings. The van der Waals surface area contributed by atoms with Crippen LogP contribution in [0.2, 0.25) is 0 Å². The van der Waals surface area contributed by atoms with Crippen molar-refractivity contribution in [3.8, 4) is 11.3 Å². The Balaban J connectivity index is 1.89. The summed E-state index contributed by atoms with van der Waals surface area (Å²) < 4.78 is 5.45. The maximum absolute atomic E-state index is 5.45. The molecule has 1 N–H and O–H groups in total. The molecule has 1 aromatic heterocycles. The molecule has 0 amide bonds. The van der Waals surface area contributed by atoms with Crippen LogP contribution < -0.4 is 5.32 Å². The van der Waals surface area contributed by atoms with Crippen molar-refractivity contribution in [1.29, 1.82) is 0 Å². The minimum absolute atomic E-state index is 0.547. The summed E-state index contributed by atoms with van der Waals surface area (Å²) in [5.74, 6) is 2.36. The van der Waals surface area contributed by atoms with Crippen molar-refractivity contribution in [1.82, 2.24) is 9.97 Å². The van der Waals surface area contributed by atoms with Crippen LogP contribution in [0.3, 0.4) is 0 Å². The Kier molecular flexibility index (Phi) is 4.46. The van der Waals surface area contributed by atoms with Crippen LogP contribution in [0.1, 0.15) is 19.2 Å². The highest BCUT2D eigenvalue weighted by atomic mass is 16.5. The molecule has 2 heterocycles. The molecule has 0 bridgehead atoms. The second kappa shape index (κ2) is 6.68. The highest BCUT2D eigenvalue weighted by Crippen LogP contribution is 2.22. The van der Waals surface area contributed by atoms with Gasteiger partial charge in [0.1, 0.15) is 11.6 Å². The van der Waals surface area contributed by atoms with E-state index >= 15 is 0 Å². The van der Waals surface area contributed by atoms with Gasteiger partial charge in [-0.2, -0.15) is 0 Å². The monoisotopic (exact) mass is 283 g/mol. The number of nitrogens with one attached hydrogen (secondary N) is 1. The van der Waals surface area contributed by atoms with Crippen LogP contribution in [0, 0.1) is 5.92 Å². The Morgan fingerprint density at radius 3 is 2.81 bits per heavy atom. The van der Waals surface area contributed by atoms with E-state index in [2.05, 4.69) is 29.4 Å². The standard InChI is InChI=1S/C17H21N3O/c1-2-18-16-11-15(14-6-4-3-5-7-14)19-17(20-16)10-13-8-9-21-12-13/h3-7,11,13H,2,8-10,12H2,1H3,(H,18,19,20). The summed E-state index contributed by atoms with van der Waals surface area (Å²) in [4.78, 5) is 9.38. The van der Waals surface area contributed by atoms with E-state index in [1.165, 1.54) is 0 Å². The van der Waals surface area contributed by atoms with E-state index < -0.39 is 0 Å². The van der Waals surface area contributed by atoms with E-state index in [-0.39, 0.29) is 0 Å². The molecule has 0 spiro atoms. The number of aromatic nitrogens is 2. The van der Waals surface area contributed by atoms with E-state index in [1.54, 1.807) is 0 Å². The van der Waals surface area contributed by atoms with Crippen molar-refractivity contribution >= 4 is 5.82 Å². The van der Waals surface area contributed by atoms with Crippen molar-refractivity contribution in [2.24, 2.45) is 5.92 Å². The second-order valence-corrected chi connectivity index (χ2v) is 5.38. The minimum Gasteiger partial charge on any atom is -0.381 e. The van der Waals surface area contributed by atoms with E-state index in [1.807, 2.05) is 24.3 Å². The summed E-state index contributed by atoms with van der Waals surface area (Å²) in [7, 11) is 0. The number of rotatable bonds is 5. The summed E-state index contributed by atoms with van der Waals surface area (Å²) in [5.41, 5.74) is 2.11. The van der Waals surface area contributed by atoms with Gasteiger partial charge in [-0.3, -0.25) is 0 Å². The molecule has 110 valence electrons. The van der Waals surface area contributed by atoms with E-state index in [9.17, 15) is 0 Å². The molecule has 1 aromatic carbocycles. The molecule has 1 unspecified atom stereocenters. The van der Waals surface area contributed by atoms with Gasteiger partial charge in [-0.05, 0) is 19.3 Å². The van der Waals surface area contributed by atoms with E-state index in [4.69, 9.17) is 9.72 Å². The maximum atomic E-state index is 5.45. The molecule has 3 rings (SSSR count). The fourth-order valence-corrected chi connectivity index (χ4v) is 2.62. The number of anilines is 1. The van der Waals surface area contributed by atoms with Gasteiger partial charge in [0, 0.05) is 37.8 Å². The Morgan fingerprint density at radius 1 is 1.24 bits per heavy atom. The molecule has 4 heteroatoms. The van der Waals surface area contributed by atoms with Gasteiger partial charge in [0.2, 0.25) is 0 Å². The first kappa shape index (κ1) is 14.0. The molecule has 0 radical (unpaired) electrons. The summed E-state index contributed by atoms with van der Waals surface area (Å²) in [6.45, 7) is 4.63. The largest absolute Gasteiger partial charge is 0.381 e. The third-order valence-electron chi connectivity index (χ3n) is 3.70. The molecule has 1 saturated heterocycles.